The van der Waals surface area contributed by atoms with Gasteiger partial charge in [-0.1, -0.05) is 6.42 Å². The fraction of sp³-hybridized carbons (Fsp3) is 0.533. The van der Waals surface area contributed by atoms with Gasteiger partial charge >= 0.3 is 0 Å². The van der Waals surface area contributed by atoms with Gasteiger partial charge in [0, 0.05) is 31.0 Å². The van der Waals surface area contributed by atoms with Crippen molar-refractivity contribution in [1.82, 2.24) is 19.7 Å². The number of rotatable bonds is 3. The maximum absolute atomic E-state index is 4.81. The van der Waals surface area contributed by atoms with Crippen molar-refractivity contribution >= 4 is 5.82 Å². The molecule has 0 unspecified atom stereocenters. The normalized spacial score (nSPS) is 14.7. The van der Waals surface area contributed by atoms with E-state index in [2.05, 4.69) is 17.3 Å². The van der Waals surface area contributed by atoms with E-state index in [0.29, 0.717) is 0 Å². The van der Waals surface area contributed by atoms with Crippen molar-refractivity contribution < 1.29 is 0 Å². The zero-order chi connectivity index (χ0) is 13.9. The summed E-state index contributed by atoms with van der Waals surface area (Å²) >= 11 is 0. The molecular formula is C15H21N5. The summed E-state index contributed by atoms with van der Waals surface area (Å²) in [4.78, 5) is 9.55. The van der Waals surface area contributed by atoms with Gasteiger partial charge in [0.25, 0.3) is 0 Å². The Morgan fingerprint density at radius 3 is 2.80 bits per heavy atom. The number of anilines is 1. The minimum absolute atomic E-state index is 0.779. The molecule has 2 aromatic heterocycles. The van der Waals surface area contributed by atoms with E-state index in [1.165, 1.54) is 30.5 Å². The van der Waals surface area contributed by atoms with Crippen LogP contribution in [0.3, 0.4) is 0 Å². The van der Waals surface area contributed by atoms with Crippen LogP contribution in [0, 0.1) is 0 Å². The first-order valence-corrected chi connectivity index (χ1v) is 7.41. The van der Waals surface area contributed by atoms with Crippen LogP contribution in [0.4, 0.5) is 5.82 Å². The number of aryl methyl sites for hydroxylation is 2. The minimum atomic E-state index is 0.779. The van der Waals surface area contributed by atoms with E-state index >= 15 is 0 Å². The molecule has 2 aromatic rings. The van der Waals surface area contributed by atoms with E-state index in [-0.39, 0.29) is 0 Å². The molecule has 3 rings (SSSR count). The number of hydrogen-bond donors (Lipinski definition) is 1. The molecule has 20 heavy (non-hydrogen) atoms. The molecule has 106 valence electrons. The summed E-state index contributed by atoms with van der Waals surface area (Å²) in [6.45, 7) is 2.99. The second-order valence-electron chi connectivity index (χ2n) is 5.25. The lowest BCUT2D eigenvalue weighted by Gasteiger charge is -2.14. The molecule has 0 spiro atoms. The molecule has 0 aromatic carbocycles. The van der Waals surface area contributed by atoms with Gasteiger partial charge in [0.05, 0.1) is 0 Å². The monoisotopic (exact) mass is 271 g/mol. The highest BCUT2D eigenvalue weighted by atomic mass is 15.3. The molecule has 0 radical (unpaired) electrons. The highest BCUT2D eigenvalue weighted by Crippen LogP contribution is 2.27. The quantitative estimate of drug-likeness (QED) is 0.872. The van der Waals surface area contributed by atoms with Crippen molar-refractivity contribution in [2.45, 2.75) is 39.0 Å². The van der Waals surface area contributed by atoms with E-state index in [1.54, 1.807) is 6.20 Å². The molecule has 0 aliphatic heterocycles. The minimum Gasteiger partial charge on any atom is -0.370 e. The van der Waals surface area contributed by atoms with Gasteiger partial charge in [0.15, 0.2) is 5.82 Å². The summed E-state index contributed by atoms with van der Waals surface area (Å²) in [5.41, 5.74) is 3.50. The Kier molecular flexibility index (Phi) is 3.67. The highest BCUT2D eigenvalue weighted by molar-refractivity contribution is 5.57. The molecule has 1 aliphatic carbocycles. The molecule has 2 heterocycles. The first-order valence-electron chi connectivity index (χ1n) is 7.41. The molecule has 5 heteroatoms. The van der Waals surface area contributed by atoms with Crippen LogP contribution in [0.2, 0.25) is 0 Å². The Bertz CT molecular complexity index is 602. The van der Waals surface area contributed by atoms with Gasteiger partial charge in [0.1, 0.15) is 11.5 Å². The molecule has 1 N–H and O–H groups in total. The van der Waals surface area contributed by atoms with Crippen LogP contribution in [0.1, 0.15) is 37.4 Å². The summed E-state index contributed by atoms with van der Waals surface area (Å²) in [7, 11) is 1.93. The third kappa shape index (κ3) is 2.40. The van der Waals surface area contributed by atoms with Gasteiger partial charge < -0.3 is 5.32 Å². The predicted molar refractivity (Wildman–Crippen MR) is 79.7 cm³/mol. The van der Waals surface area contributed by atoms with Crippen LogP contribution in [-0.2, 0) is 19.9 Å². The SMILES string of the molecule is CCNc1nc(-c2ccnn2C)nc2c1CCCCC2. The molecule has 0 fully saturated rings. The Hall–Kier alpha value is -1.91. The van der Waals surface area contributed by atoms with Crippen LogP contribution in [0.5, 0.6) is 0 Å². The maximum atomic E-state index is 4.81. The van der Waals surface area contributed by atoms with E-state index in [4.69, 9.17) is 9.97 Å². The van der Waals surface area contributed by atoms with Gasteiger partial charge in [-0.2, -0.15) is 5.10 Å². The standard InChI is InChI=1S/C15H21N5/c1-3-16-14-11-7-5-4-6-8-12(11)18-15(19-14)13-9-10-17-20(13)2/h9-10H,3-8H2,1-2H3,(H,16,18,19). The second kappa shape index (κ2) is 5.61. The largest absolute Gasteiger partial charge is 0.370 e. The van der Waals surface area contributed by atoms with Gasteiger partial charge in [-0.25, -0.2) is 9.97 Å². The molecule has 0 saturated carbocycles. The van der Waals surface area contributed by atoms with E-state index in [1.807, 2.05) is 17.8 Å². The number of aromatic nitrogens is 4. The Balaban J connectivity index is 2.11. The van der Waals surface area contributed by atoms with E-state index in [0.717, 1.165) is 36.7 Å². The number of fused-ring (bicyclic) bond motifs is 1. The summed E-state index contributed by atoms with van der Waals surface area (Å²) in [6, 6.07) is 1.97. The number of nitrogens with one attached hydrogen (secondary N) is 1. The molecule has 0 bridgehead atoms. The van der Waals surface area contributed by atoms with Crippen molar-refractivity contribution in [2.24, 2.45) is 7.05 Å². The maximum Gasteiger partial charge on any atom is 0.180 e. The summed E-state index contributed by atoms with van der Waals surface area (Å²) in [5, 5.41) is 7.62. The van der Waals surface area contributed by atoms with Crippen molar-refractivity contribution in [3.63, 3.8) is 0 Å². The lowest BCUT2D eigenvalue weighted by Crippen LogP contribution is -2.10. The van der Waals surface area contributed by atoms with Crippen LogP contribution < -0.4 is 5.32 Å². The van der Waals surface area contributed by atoms with Gasteiger partial charge in [-0.3, -0.25) is 4.68 Å². The van der Waals surface area contributed by atoms with Crippen molar-refractivity contribution in [2.75, 3.05) is 11.9 Å². The highest BCUT2D eigenvalue weighted by Gasteiger charge is 2.18. The fourth-order valence-corrected chi connectivity index (χ4v) is 2.79. The van der Waals surface area contributed by atoms with E-state index in [9.17, 15) is 0 Å². The predicted octanol–water partition coefficient (Wildman–Crippen LogP) is 2.58. The molecule has 0 saturated heterocycles. The number of hydrogen-bond acceptors (Lipinski definition) is 4. The average molecular weight is 271 g/mol. The van der Waals surface area contributed by atoms with Crippen LogP contribution in [0.15, 0.2) is 12.3 Å². The second-order valence-corrected chi connectivity index (χ2v) is 5.25. The van der Waals surface area contributed by atoms with Crippen LogP contribution in [0.25, 0.3) is 11.5 Å². The summed E-state index contributed by atoms with van der Waals surface area (Å²) < 4.78 is 1.83. The first kappa shape index (κ1) is 13.1. The molecule has 0 atom stereocenters. The Labute approximate surface area is 119 Å². The van der Waals surface area contributed by atoms with Gasteiger partial charge in [-0.05, 0) is 38.7 Å². The fourth-order valence-electron chi connectivity index (χ4n) is 2.79. The molecular weight excluding hydrogens is 250 g/mol. The lowest BCUT2D eigenvalue weighted by molar-refractivity contribution is 0.708. The lowest BCUT2D eigenvalue weighted by atomic mass is 10.1. The van der Waals surface area contributed by atoms with Crippen molar-refractivity contribution in [3.05, 3.63) is 23.5 Å². The van der Waals surface area contributed by atoms with Crippen LogP contribution in [-0.4, -0.2) is 26.3 Å². The smallest absolute Gasteiger partial charge is 0.180 e. The zero-order valence-electron chi connectivity index (χ0n) is 12.2. The van der Waals surface area contributed by atoms with Crippen molar-refractivity contribution in [1.29, 1.82) is 0 Å². The van der Waals surface area contributed by atoms with E-state index < -0.39 is 0 Å². The summed E-state index contributed by atoms with van der Waals surface area (Å²) in [5.74, 6) is 1.79. The number of nitrogens with zero attached hydrogens (tertiary/aromatic N) is 4. The van der Waals surface area contributed by atoms with Crippen LogP contribution >= 0.6 is 0 Å². The van der Waals surface area contributed by atoms with Crippen molar-refractivity contribution in [3.8, 4) is 11.5 Å². The third-order valence-electron chi connectivity index (χ3n) is 3.83. The topological polar surface area (TPSA) is 55.6 Å². The average Bonchev–Trinajstić information content (AvgIpc) is 2.73. The zero-order valence-corrected chi connectivity index (χ0v) is 12.2. The first-order chi connectivity index (χ1) is 9.79. The van der Waals surface area contributed by atoms with Gasteiger partial charge in [0.2, 0.25) is 0 Å². The summed E-state index contributed by atoms with van der Waals surface area (Å²) in [6.07, 6.45) is 7.67. The molecule has 0 amide bonds. The molecule has 1 aliphatic rings. The molecule has 5 nitrogen and oxygen atoms in total. The van der Waals surface area contributed by atoms with Gasteiger partial charge in [-0.15, -0.1) is 0 Å². The Morgan fingerprint density at radius 1 is 1.20 bits per heavy atom. The Morgan fingerprint density at radius 2 is 2.05 bits per heavy atom. The third-order valence-corrected chi connectivity index (χ3v) is 3.83.